The van der Waals surface area contributed by atoms with Crippen LogP contribution in [0.5, 0.6) is 5.75 Å². The molecule has 1 aromatic carbocycles. The lowest BCUT2D eigenvalue weighted by atomic mass is 9.99. The van der Waals surface area contributed by atoms with Crippen LogP contribution in [0.25, 0.3) is 0 Å². The Labute approximate surface area is 159 Å². The fraction of sp³-hybridized carbons (Fsp3) is 0.667. The molecule has 0 bridgehead atoms. The van der Waals surface area contributed by atoms with E-state index in [1.54, 1.807) is 7.11 Å². The zero-order valence-corrected chi connectivity index (χ0v) is 17.0. The van der Waals surface area contributed by atoms with E-state index in [1.165, 1.54) is 50.9 Å². The van der Waals surface area contributed by atoms with E-state index in [4.69, 9.17) is 4.74 Å². The highest BCUT2D eigenvalue weighted by Crippen LogP contribution is 2.19. The van der Waals surface area contributed by atoms with E-state index in [9.17, 15) is 0 Å². The maximum atomic E-state index is 5.46. The van der Waals surface area contributed by atoms with Crippen molar-refractivity contribution in [1.82, 2.24) is 15.5 Å². The maximum Gasteiger partial charge on any atom is 0.191 e. The summed E-state index contributed by atoms with van der Waals surface area (Å²) in [7, 11) is 3.53. The van der Waals surface area contributed by atoms with Gasteiger partial charge >= 0.3 is 0 Å². The van der Waals surface area contributed by atoms with E-state index in [1.807, 2.05) is 7.05 Å². The molecule has 2 N–H and O–H groups in total. The summed E-state index contributed by atoms with van der Waals surface area (Å²) in [6, 6.07) is 6.28. The number of ether oxygens (including phenoxy) is 1. The first-order valence-electron chi connectivity index (χ1n) is 9.92. The molecule has 0 spiro atoms. The van der Waals surface area contributed by atoms with E-state index >= 15 is 0 Å². The molecule has 1 aliphatic rings. The molecule has 1 saturated heterocycles. The Morgan fingerprint density at radius 1 is 1.23 bits per heavy atom. The highest BCUT2D eigenvalue weighted by atomic mass is 16.5. The van der Waals surface area contributed by atoms with Crippen LogP contribution in [0.2, 0.25) is 0 Å². The van der Waals surface area contributed by atoms with Crippen LogP contribution in [0.4, 0.5) is 0 Å². The minimum absolute atomic E-state index is 0.703. The molecule has 146 valence electrons. The number of benzene rings is 1. The minimum atomic E-state index is 0.703. The number of guanidine groups is 1. The molecule has 1 heterocycles. The number of piperidine rings is 1. The number of aryl methyl sites for hydroxylation is 1. The van der Waals surface area contributed by atoms with Gasteiger partial charge in [0.1, 0.15) is 5.75 Å². The molecule has 1 aliphatic heterocycles. The maximum absolute atomic E-state index is 5.46. The van der Waals surface area contributed by atoms with Gasteiger partial charge in [-0.1, -0.05) is 19.1 Å². The monoisotopic (exact) mass is 360 g/mol. The largest absolute Gasteiger partial charge is 0.496 e. The molecular weight excluding hydrogens is 324 g/mol. The summed E-state index contributed by atoms with van der Waals surface area (Å²) < 4.78 is 5.46. The Morgan fingerprint density at radius 3 is 2.69 bits per heavy atom. The first-order valence-corrected chi connectivity index (χ1v) is 9.92. The molecule has 0 aliphatic carbocycles. The van der Waals surface area contributed by atoms with Crippen molar-refractivity contribution in [2.24, 2.45) is 10.9 Å². The Hall–Kier alpha value is -1.75. The van der Waals surface area contributed by atoms with Crippen LogP contribution in [0, 0.1) is 12.8 Å². The van der Waals surface area contributed by atoms with Crippen LogP contribution in [0.15, 0.2) is 23.2 Å². The first-order chi connectivity index (χ1) is 12.6. The van der Waals surface area contributed by atoms with Crippen LogP contribution in [0.1, 0.15) is 43.7 Å². The van der Waals surface area contributed by atoms with E-state index in [0.29, 0.717) is 6.54 Å². The molecule has 0 aromatic heterocycles. The van der Waals surface area contributed by atoms with Gasteiger partial charge in [-0.15, -0.1) is 0 Å². The van der Waals surface area contributed by atoms with Crippen molar-refractivity contribution in [3.05, 3.63) is 29.3 Å². The molecule has 0 saturated carbocycles. The molecule has 0 unspecified atom stereocenters. The second-order valence-electron chi connectivity index (χ2n) is 7.40. The Bertz CT molecular complexity index is 565. The third-order valence-corrected chi connectivity index (χ3v) is 5.18. The summed E-state index contributed by atoms with van der Waals surface area (Å²) in [5.74, 6) is 2.68. The zero-order chi connectivity index (χ0) is 18.8. The number of nitrogens with zero attached hydrogens (tertiary/aromatic N) is 2. The van der Waals surface area contributed by atoms with Crippen LogP contribution >= 0.6 is 0 Å². The normalized spacial score (nSPS) is 16.5. The molecule has 2 rings (SSSR count). The summed E-state index contributed by atoms with van der Waals surface area (Å²) in [4.78, 5) is 6.92. The Balaban J connectivity index is 1.63. The minimum Gasteiger partial charge on any atom is -0.496 e. The average Bonchev–Trinajstić information content (AvgIpc) is 2.66. The molecule has 0 atom stereocenters. The van der Waals surface area contributed by atoms with Crippen molar-refractivity contribution in [2.45, 2.75) is 46.1 Å². The van der Waals surface area contributed by atoms with Gasteiger partial charge in [-0.3, -0.25) is 4.99 Å². The van der Waals surface area contributed by atoms with Crippen LogP contribution in [-0.4, -0.2) is 51.2 Å². The van der Waals surface area contributed by atoms with Gasteiger partial charge in [0.25, 0.3) is 0 Å². The van der Waals surface area contributed by atoms with Crippen molar-refractivity contribution in [2.75, 3.05) is 40.3 Å². The summed E-state index contributed by atoms with van der Waals surface area (Å²) in [6.45, 7) is 9.87. The lowest BCUT2D eigenvalue weighted by Gasteiger charge is -2.30. The second-order valence-corrected chi connectivity index (χ2v) is 7.40. The van der Waals surface area contributed by atoms with Gasteiger partial charge in [0, 0.05) is 25.7 Å². The van der Waals surface area contributed by atoms with Crippen LogP contribution in [0.3, 0.4) is 0 Å². The van der Waals surface area contributed by atoms with Crippen molar-refractivity contribution in [1.29, 1.82) is 0 Å². The molecule has 5 heteroatoms. The van der Waals surface area contributed by atoms with E-state index in [-0.39, 0.29) is 0 Å². The Morgan fingerprint density at radius 2 is 2.00 bits per heavy atom. The second kappa shape index (κ2) is 11.1. The summed E-state index contributed by atoms with van der Waals surface area (Å²) in [5.41, 5.74) is 2.34. The molecule has 0 radical (unpaired) electrons. The van der Waals surface area contributed by atoms with Gasteiger partial charge < -0.3 is 20.3 Å². The van der Waals surface area contributed by atoms with E-state index in [2.05, 4.69) is 52.6 Å². The lowest BCUT2D eigenvalue weighted by Crippen LogP contribution is -2.38. The molecule has 1 fully saturated rings. The predicted molar refractivity (Wildman–Crippen MR) is 110 cm³/mol. The number of rotatable bonds is 8. The third-order valence-electron chi connectivity index (χ3n) is 5.18. The summed E-state index contributed by atoms with van der Waals surface area (Å²) in [5, 5.41) is 6.79. The topological polar surface area (TPSA) is 48.9 Å². The number of unbranched alkanes of at least 4 members (excludes halogenated alkanes) is 1. The smallest absolute Gasteiger partial charge is 0.191 e. The van der Waals surface area contributed by atoms with Gasteiger partial charge in [-0.05, 0) is 69.8 Å². The number of hydrogen-bond donors (Lipinski definition) is 2. The molecule has 5 nitrogen and oxygen atoms in total. The van der Waals surface area contributed by atoms with E-state index in [0.717, 1.165) is 29.7 Å². The molecule has 0 amide bonds. The highest BCUT2D eigenvalue weighted by Gasteiger charge is 2.14. The molecule has 1 aromatic rings. The van der Waals surface area contributed by atoms with Gasteiger partial charge in [0.2, 0.25) is 0 Å². The molecular formula is C21H36N4O. The fourth-order valence-electron chi connectivity index (χ4n) is 3.35. The lowest BCUT2D eigenvalue weighted by molar-refractivity contribution is 0.189. The van der Waals surface area contributed by atoms with Crippen molar-refractivity contribution in [3.8, 4) is 5.75 Å². The van der Waals surface area contributed by atoms with Gasteiger partial charge in [0.15, 0.2) is 5.96 Å². The number of aliphatic imine (C=N–C) groups is 1. The van der Waals surface area contributed by atoms with Crippen molar-refractivity contribution >= 4 is 5.96 Å². The Kier molecular flexibility index (Phi) is 8.75. The summed E-state index contributed by atoms with van der Waals surface area (Å²) >= 11 is 0. The predicted octanol–water partition coefficient (Wildman–Crippen LogP) is 3.18. The molecule has 26 heavy (non-hydrogen) atoms. The van der Waals surface area contributed by atoms with Crippen molar-refractivity contribution in [3.63, 3.8) is 0 Å². The highest BCUT2D eigenvalue weighted by molar-refractivity contribution is 5.79. The van der Waals surface area contributed by atoms with Crippen LogP contribution < -0.4 is 15.4 Å². The standard InChI is InChI=1S/C21H36N4O/c1-17-9-13-25(14-10-17)12-6-5-11-23-21(22-3)24-16-19-8-7-18(2)15-20(19)26-4/h7-8,15,17H,5-6,9-14,16H2,1-4H3,(H2,22,23,24). The van der Waals surface area contributed by atoms with Gasteiger partial charge in [-0.2, -0.15) is 0 Å². The SMILES string of the molecule is CN=C(NCCCCN1CCC(C)CC1)NCc1ccc(C)cc1OC. The number of hydrogen-bond acceptors (Lipinski definition) is 3. The van der Waals surface area contributed by atoms with Gasteiger partial charge in [0.05, 0.1) is 7.11 Å². The fourth-order valence-corrected chi connectivity index (χ4v) is 3.35. The van der Waals surface area contributed by atoms with Crippen molar-refractivity contribution < 1.29 is 4.74 Å². The quantitative estimate of drug-likeness (QED) is 0.425. The number of methoxy groups -OCH3 is 1. The van der Waals surface area contributed by atoms with Gasteiger partial charge in [-0.25, -0.2) is 0 Å². The first kappa shape index (κ1) is 20.6. The number of nitrogens with one attached hydrogen (secondary N) is 2. The van der Waals surface area contributed by atoms with E-state index < -0.39 is 0 Å². The number of likely N-dealkylation sites (tertiary alicyclic amines) is 1. The average molecular weight is 361 g/mol. The zero-order valence-electron chi connectivity index (χ0n) is 17.0. The van der Waals surface area contributed by atoms with Crippen LogP contribution in [-0.2, 0) is 6.54 Å². The summed E-state index contributed by atoms with van der Waals surface area (Å²) in [6.07, 6.45) is 5.12. The third kappa shape index (κ3) is 6.87.